The van der Waals surface area contributed by atoms with Crippen LogP contribution >= 0.6 is 0 Å². The number of rotatable bonds is 7. The zero-order chi connectivity index (χ0) is 15.7. The third-order valence-electron chi connectivity index (χ3n) is 3.45. The van der Waals surface area contributed by atoms with Gasteiger partial charge in [0.05, 0.1) is 19.1 Å². The molecule has 8 heteroatoms. The standard InChI is InChI=1S/C13H21N3O5/c1-20-10-7-16(6-2-5-14)12(19)15-13(11(17)18)3-8-21-9-4-13/h2-4,6-10H2,1H3,(H,15,19)(H,17,18). The van der Waals surface area contributed by atoms with Crippen molar-refractivity contribution in [3.8, 4) is 6.07 Å². The van der Waals surface area contributed by atoms with Crippen molar-refractivity contribution in [2.45, 2.75) is 24.8 Å². The second-order valence-electron chi connectivity index (χ2n) is 4.82. The van der Waals surface area contributed by atoms with E-state index in [1.807, 2.05) is 6.07 Å². The minimum Gasteiger partial charge on any atom is -0.480 e. The number of amides is 2. The molecule has 0 aromatic heterocycles. The van der Waals surface area contributed by atoms with E-state index in [2.05, 4.69) is 5.32 Å². The van der Waals surface area contributed by atoms with Gasteiger partial charge in [0.15, 0.2) is 0 Å². The van der Waals surface area contributed by atoms with Gasteiger partial charge < -0.3 is 24.8 Å². The lowest BCUT2D eigenvalue weighted by Gasteiger charge is -2.35. The molecule has 118 valence electrons. The van der Waals surface area contributed by atoms with Gasteiger partial charge in [-0.1, -0.05) is 0 Å². The predicted molar refractivity (Wildman–Crippen MR) is 72.6 cm³/mol. The van der Waals surface area contributed by atoms with Crippen molar-refractivity contribution >= 4 is 12.0 Å². The number of carbonyl (C=O) groups excluding carboxylic acids is 1. The molecule has 0 atom stereocenters. The second kappa shape index (κ2) is 8.44. The Balaban J connectivity index is 2.72. The first-order valence-corrected chi connectivity index (χ1v) is 6.80. The van der Waals surface area contributed by atoms with Crippen molar-refractivity contribution in [3.63, 3.8) is 0 Å². The van der Waals surface area contributed by atoms with E-state index in [0.717, 1.165) is 0 Å². The Morgan fingerprint density at radius 3 is 2.62 bits per heavy atom. The molecule has 0 saturated carbocycles. The highest BCUT2D eigenvalue weighted by atomic mass is 16.5. The number of urea groups is 1. The van der Waals surface area contributed by atoms with Gasteiger partial charge in [-0.2, -0.15) is 5.26 Å². The fourth-order valence-corrected chi connectivity index (χ4v) is 2.10. The third kappa shape index (κ3) is 4.88. The average molecular weight is 299 g/mol. The van der Waals surface area contributed by atoms with Gasteiger partial charge in [0, 0.05) is 46.3 Å². The van der Waals surface area contributed by atoms with E-state index in [4.69, 9.17) is 14.7 Å². The minimum atomic E-state index is -1.30. The molecule has 0 radical (unpaired) electrons. The van der Waals surface area contributed by atoms with Crippen LogP contribution in [0.3, 0.4) is 0 Å². The lowest BCUT2D eigenvalue weighted by atomic mass is 9.90. The molecule has 21 heavy (non-hydrogen) atoms. The normalized spacial score (nSPS) is 16.8. The molecule has 1 saturated heterocycles. The summed E-state index contributed by atoms with van der Waals surface area (Å²) < 4.78 is 10.1. The van der Waals surface area contributed by atoms with Crippen LogP contribution < -0.4 is 5.32 Å². The molecule has 0 spiro atoms. The summed E-state index contributed by atoms with van der Waals surface area (Å²) in [6.45, 7) is 1.45. The Bertz CT molecular complexity index is 401. The number of hydrogen-bond donors (Lipinski definition) is 2. The van der Waals surface area contributed by atoms with E-state index in [0.29, 0.717) is 26.4 Å². The number of aliphatic carboxylic acids is 1. The highest BCUT2D eigenvalue weighted by molar-refractivity contribution is 5.86. The summed E-state index contributed by atoms with van der Waals surface area (Å²) in [5.41, 5.74) is -1.30. The molecule has 0 aromatic rings. The number of nitrogens with one attached hydrogen (secondary N) is 1. The molecule has 0 aliphatic carbocycles. The average Bonchev–Trinajstić information content (AvgIpc) is 2.48. The van der Waals surface area contributed by atoms with Crippen LogP contribution in [0.4, 0.5) is 4.79 Å². The summed E-state index contributed by atoms with van der Waals surface area (Å²) in [5.74, 6) is -1.06. The molecule has 2 N–H and O–H groups in total. The van der Waals surface area contributed by atoms with Crippen LogP contribution in [-0.4, -0.2) is 67.6 Å². The van der Waals surface area contributed by atoms with E-state index < -0.39 is 17.5 Å². The SMILES string of the molecule is COCCN(CCC#N)C(=O)NC1(C(=O)O)CCOCC1. The molecule has 1 aliphatic heterocycles. The molecule has 1 fully saturated rings. The second-order valence-corrected chi connectivity index (χ2v) is 4.82. The maximum Gasteiger partial charge on any atom is 0.329 e. The Morgan fingerprint density at radius 2 is 2.10 bits per heavy atom. The maximum absolute atomic E-state index is 12.3. The number of nitriles is 1. The van der Waals surface area contributed by atoms with Crippen LogP contribution in [0.1, 0.15) is 19.3 Å². The van der Waals surface area contributed by atoms with Gasteiger partial charge >= 0.3 is 12.0 Å². The molecule has 1 heterocycles. The highest BCUT2D eigenvalue weighted by Gasteiger charge is 2.42. The molecule has 0 unspecified atom stereocenters. The van der Waals surface area contributed by atoms with E-state index in [1.165, 1.54) is 12.0 Å². The number of methoxy groups -OCH3 is 1. The molecule has 1 rings (SSSR count). The van der Waals surface area contributed by atoms with Crippen LogP contribution in [0.25, 0.3) is 0 Å². The third-order valence-corrected chi connectivity index (χ3v) is 3.45. The van der Waals surface area contributed by atoms with Gasteiger partial charge in [0.2, 0.25) is 0 Å². The number of carboxylic acid groups (broad SMARTS) is 1. The Hall–Kier alpha value is -1.85. The first-order chi connectivity index (χ1) is 10.1. The number of hydrogen-bond acceptors (Lipinski definition) is 5. The fourth-order valence-electron chi connectivity index (χ4n) is 2.10. The molecule has 0 bridgehead atoms. The van der Waals surface area contributed by atoms with E-state index in [9.17, 15) is 14.7 Å². The summed E-state index contributed by atoms with van der Waals surface area (Å²) in [6.07, 6.45) is 0.634. The van der Waals surface area contributed by atoms with Gasteiger partial charge in [0.25, 0.3) is 0 Å². The summed E-state index contributed by atoms with van der Waals surface area (Å²) >= 11 is 0. The quantitative estimate of drug-likeness (QED) is 0.694. The lowest BCUT2D eigenvalue weighted by molar-refractivity contribution is -0.148. The Labute approximate surface area is 123 Å². The number of carboxylic acids is 1. The van der Waals surface area contributed by atoms with Crippen molar-refractivity contribution in [2.24, 2.45) is 0 Å². The summed E-state index contributed by atoms with van der Waals surface area (Å²) in [5, 5.41) is 20.6. The van der Waals surface area contributed by atoms with Crippen molar-refractivity contribution in [1.82, 2.24) is 10.2 Å². The van der Waals surface area contributed by atoms with Crippen LogP contribution in [0.15, 0.2) is 0 Å². The van der Waals surface area contributed by atoms with Gasteiger partial charge in [-0.05, 0) is 0 Å². The first kappa shape index (κ1) is 17.2. The number of carbonyl (C=O) groups is 2. The van der Waals surface area contributed by atoms with Crippen molar-refractivity contribution in [1.29, 1.82) is 5.26 Å². The van der Waals surface area contributed by atoms with Crippen LogP contribution in [0, 0.1) is 11.3 Å². The molecular weight excluding hydrogens is 278 g/mol. The Kier molecular flexibility index (Phi) is 6.91. The van der Waals surface area contributed by atoms with E-state index >= 15 is 0 Å². The van der Waals surface area contributed by atoms with E-state index in [-0.39, 0.29) is 25.8 Å². The fraction of sp³-hybridized carbons (Fsp3) is 0.769. The van der Waals surface area contributed by atoms with Crippen LogP contribution in [-0.2, 0) is 14.3 Å². The Morgan fingerprint density at radius 1 is 1.43 bits per heavy atom. The van der Waals surface area contributed by atoms with Gasteiger partial charge in [0.1, 0.15) is 5.54 Å². The van der Waals surface area contributed by atoms with Crippen molar-refractivity contribution in [3.05, 3.63) is 0 Å². The molecule has 2 amide bonds. The lowest BCUT2D eigenvalue weighted by Crippen LogP contribution is -2.60. The largest absolute Gasteiger partial charge is 0.480 e. The van der Waals surface area contributed by atoms with Gasteiger partial charge in [-0.3, -0.25) is 0 Å². The predicted octanol–water partition coefficient (Wildman–Crippen LogP) is 0.192. The van der Waals surface area contributed by atoms with Crippen LogP contribution in [0.2, 0.25) is 0 Å². The van der Waals surface area contributed by atoms with Gasteiger partial charge in [-0.25, -0.2) is 9.59 Å². The minimum absolute atomic E-state index is 0.181. The molecular formula is C13H21N3O5. The highest BCUT2D eigenvalue weighted by Crippen LogP contribution is 2.21. The monoisotopic (exact) mass is 299 g/mol. The molecule has 1 aliphatic rings. The summed E-state index contributed by atoms with van der Waals surface area (Å²) in [6, 6.07) is 1.47. The summed E-state index contributed by atoms with van der Waals surface area (Å²) in [4.78, 5) is 25.2. The van der Waals surface area contributed by atoms with E-state index in [1.54, 1.807) is 0 Å². The van der Waals surface area contributed by atoms with Crippen molar-refractivity contribution in [2.75, 3.05) is 40.0 Å². The first-order valence-electron chi connectivity index (χ1n) is 6.80. The number of ether oxygens (including phenoxy) is 2. The maximum atomic E-state index is 12.3. The van der Waals surface area contributed by atoms with Gasteiger partial charge in [-0.15, -0.1) is 0 Å². The smallest absolute Gasteiger partial charge is 0.329 e. The topological polar surface area (TPSA) is 112 Å². The zero-order valence-corrected chi connectivity index (χ0v) is 12.1. The van der Waals surface area contributed by atoms with Crippen LogP contribution in [0.5, 0.6) is 0 Å². The summed E-state index contributed by atoms with van der Waals surface area (Å²) in [7, 11) is 1.51. The molecule has 8 nitrogen and oxygen atoms in total. The zero-order valence-electron chi connectivity index (χ0n) is 12.1. The number of nitrogens with zero attached hydrogens (tertiary/aromatic N) is 2. The molecule has 0 aromatic carbocycles. The van der Waals surface area contributed by atoms with Crippen molar-refractivity contribution < 1.29 is 24.2 Å².